The topological polar surface area (TPSA) is 128 Å². The van der Waals surface area contributed by atoms with Crippen LogP contribution in [0.2, 0.25) is 0 Å². The third-order valence-electron chi connectivity index (χ3n) is 5.30. The van der Waals surface area contributed by atoms with E-state index in [9.17, 15) is 22.8 Å². The minimum Gasteiger partial charge on any atom is -0.460 e. The summed E-state index contributed by atoms with van der Waals surface area (Å²) in [5.74, 6) is -2.31. The van der Waals surface area contributed by atoms with Gasteiger partial charge in [0.05, 0.1) is 18.1 Å². The van der Waals surface area contributed by atoms with Gasteiger partial charge < -0.3 is 19.5 Å². The van der Waals surface area contributed by atoms with Crippen LogP contribution in [0.25, 0.3) is 0 Å². The van der Waals surface area contributed by atoms with Gasteiger partial charge in [-0.05, 0) is 31.0 Å². The molecule has 2 heterocycles. The number of carbonyl (C=O) groups is 3. The lowest BCUT2D eigenvalue weighted by atomic mass is 10.0. The van der Waals surface area contributed by atoms with Crippen LogP contribution in [-0.4, -0.2) is 75.1 Å². The average Bonchev–Trinajstić information content (AvgIpc) is 3.08. The van der Waals surface area contributed by atoms with Gasteiger partial charge in [0.2, 0.25) is 16.1 Å². The van der Waals surface area contributed by atoms with Crippen molar-refractivity contribution >= 4 is 27.9 Å². The maximum atomic E-state index is 12.9. The summed E-state index contributed by atoms with van der Waals surface area (Å²) in [5, 5.41) is 2.60. The van der Waals surface area contributed by atoms with E-state index in [1.165, 1.54) is 28.6 Å². The summed E-state index contributed by atoms with van der Waals surface area (Å²) in [4.78, 5) is 37.2. The predicted octanol–water partition coefficient (Wildman–Crippen LogP) is 0.709. The number of carbonyl (C=O) groups excluding carboxylic acids is 3. The van der Waals surface area contributed by atoms with Crippen molar-refractivity contribution in [3.63, 3.8) is 0 Å². The average molecular weight is 469 g/mol. The molecule has 176 valence electrons. The summed E-state index contributed by atoms with van der Waals surface area (Å²) in [6.07, 6.45) is -1.09. The zero-order valence-corrected chi connectivity index (χ0v) is 19.1. The van der Waals surface area contributed by atoms with Gasteiger partial charge in [-0.3, -0.25) is 4.79 Å². The Morgan fingerprint density at radius 1 is 1.22 bits per heavy atom. The highest BCUT2D eigenvalue weighted by molar-refractivity contribution is 7.89. The van der Waals surface area contributed by atoms with Crippen molar-refractivity contribution in [1.29, 1.82) is 0 Å². The van der Waals surface area contributed by atoms with Crippen LogP contribution in [0, 0.1) is 5.92 Å². The number of nitrogens with zero attached hydrogens (tertiary/aromatic N) is 1. The number of esters is 2. The fraction of sp³-hybridized carbons (Fsp3) is 0.571. The Morgan fingerprint density at radius 3 is 2.50 bits per heavy atom. The van der Waals surface area contributed by atoms with Crippen LogP contribution in [0.3, 0.4) is 0 Å². The fourth-order valence-electron chi connectivity index (χ4n) is 3.49. The summed E-state index contributed by atoms with van der Waals surface area (Å²) in [6.45, 7) is 6.24. The molecular weight excluding hydrogens is 440 g/mol. The molecule has 1 aromatic carbocycles. The summed E-state index contributed by atoms with van der Waals surface area (Å²) in [7, 11) is -3.78. The largest absolute Gasteiger partial charge is 0.460 e. The number of hydrogen-bond donors (Lipinski definition) is 1. The van der Waals surface area contributed by atoms with E-state index in [0.29, 0.717) is 13.2 Å². The first-order chi connectivity index (χ1) is 15.1. The molecule has 0 radical (unpaired) electrons. The highest BCUT2D eigenvalue weighted by atomic mass is 32.2. The smallest absolute Gasteiger partial charge is 0.347 e. The molecule has 2 saturated heterocycles. The molecule has 2 aliphatic rings. The number of cyclic esters (lactones) is 1. The van der Waals surface area contributed by atoms with Crippen molar-refractivity contribution in [2.24, 2.45) is 5.92 Å². The minimum atomic E-state index is -3.78. The first-order valence-corrected chi connectivity index (χ1v) is 11.9. The number of rotatable bonds is 7. The maximum absolute atomic E-state index is 12.9. The van der Waals surface area contributed by atoms with E-state index < -0.39 is 40.0 Å². The molecule has 2 aliphatic heterocycles. The van der Waals surface area contributed by atoms with Crippen LogP contribution < -0.4 is 5.32 Å². The standard InChI is InChI=1S/C21H28N2O8S/c1-13(2)18(21(26)31-17-11-14(3)30-20(17)25)22-19(24)15-5-4-6-16(12-15)32(27,28)23-7-9-29-10-8-23/h4-6,12-14,17-18H,7-11H2,1-3H3,(H,22,24). The van der Waals surface area contributed by atoms with Crippen molar-refractivity contribution in [1.82, 2.24) is 9.62 Å². The van der Waals surface area contributed by atoms with Gasteiger partial charge in [-0.1, -0.05) is 19.9 Å². The highest BCUT2D eigenvalue weighted by Gasteiger charge is 2.37. The second-order valence-corrected chi connectivity index (χ2v) is 10.1. The zero-order valence-electron chi connectivity index (χ0n) is 18.3. The third kappa shape index (κ3) is 5.45. The molecule has 0 saturated carbocycles. The van der Waals surface area contributed by atoms with Crippen LogP contribution in [0.15, 0.2) is 29.2 Å². The molecular formula is C21H28N2O8S. The molecule has 0 aliphatic carbocycles. The number of ether oxygens (including phenoxy) is 3. The van der Waals surface area contributed by atoms with Crippen molar-refractivity contribution in [2.45, 2.75) is 50.3 Å². The van der Waals surface area contributed by atoms with Crippen LogP contribution in [-0.2, 0) is 33.8 Å². The van der Waals surface area contributed by atoms with Gasteiger partial charge in [0.1, 0.15) is 12.1 Å². The first kappa shape index (κ1) is 24.1. The van der Waals surface area contributed by atoms with Crippen molar-refractivity contribution in [3.05, 3.63) is 29.8 Å². The number of benzene rings is 1. The van der Waals surface area contributed by atoms with Crippen LogP contribution in [0.1, 0.15) is 37.6 Å². The van der Waals surface area contributed by atoms with Crippen LogP contribution in [0.5, 0.6) is 0 Å². The summed E-state index contributed by atoms with van der Waals surface area (Å²) < 4.78 is 42.5. The van der Waals surface area contributed by atoms with E-state index in [0.717, 1.165) is 0 Å². The van der Waals surface area contributed by atoms with E-state index in [4.69, 9.17) is 14.2 Å². The lowest BCUT2D eigenvalue weighted by Gasteiger charge is -2.26. The lowest BCUT2D eigenvalue weighted by molar-refractivity contribution is -0.162. The quantitative estimate of drug-likeness (QED) is 0.580. The molecule has 3 rings (SSSR count). The lowest BCUT2D eigenvalue weighted by Crippen LogP contribution is -2.46. The SMILES string of the molecule is CC1CC(OC(=O)C(NC(=O)c2cccc(S(=O)(=O)N3CCOCC3)c2)C(C)C)C(=O)O1. The third-order valence-corrected chi connectivity index (χ3v) is 7.19. The van der Waals surface area contributed by atoms with Crippen molar-refractivity contribution in [2.75, 3.05) is 26.3 Å². The van der Waals surface area contributed by atoms with Crippen molar-refractivity contribution < 1.29 is 37.0 Å². The number of hydrogen-bond acceptors (Lipinski definition) is 8. The summed E-state index contributed by atoms with van der Waals surface area (Å²) in [6, 6.07) is 4.61. The van der Waals surface area contributed by atoms with E-state index in [-0.39, 0.29) is 42.0 Å². The summed E-state index contributed by atoms with van der Waals surface area (Å²) >= 11 is 0. The van der Waals surface area contributed by atoms with Gasteiger partial charge in [-0.2, -0.15) is 4.31 Å². The van der Waals surface area contributed by atoms with Gasteiger partial charge in [-0.15, -0.1) is 0 Å². The highest BCUT2D eigenvalue weighted by Crippen LogP contribution is 2.20. The second kappa shape index (κ2) is 9.97. The monoisotopic (exact) mass is 468 g/mol. The molecule has 32 heavy (non-hydrogen) atoms. The summed E-state index contributed by atoms with van der Waals surface area (Å²) in [5.41, 5.74) is 0.0895. The molecule has 3 unspecified atom stereocenters. The van der Waals surface area contributed by atoms with E-state index in [1.807, 2.05) is 0 Å². The molecule has 2 fully saturated rings. The minimum absolute atomic E-state index is 0.0154. The Labute approximate surface area is 187 Å². The molecule has 0 bridgehead atoms. The Bertz CT molecular complexity index is 972. The molecule has 10 nitrogen and oxygen atoms in total. The van der Waals surface area contributed by atoms with Gasteiger partial charge >= 0.3 is 11.9 Å². The molecule has 11 heteroatoms. The zero-order chi connectivity index (χ0) is 23.5. The van der Waals surface area contributed by atoms with E-state index in [2.05, 4.69) is 5.32 Å². The van der Waals surface area contributed by atoms with Gasteiger partial charge in [0.25, 0.3) is 5.91 Å². The van der Waals surface area contributed by atoms with Gasteiger partial charge in [0.15, 0.2) is 0 Å². The maximum Gasteiger partial charge on any atom is 0.347 e. The normalized spacial score (nSPS) is 22.9. The van der Waals surface area contributed by atoms with E-state index in [1.54, 1.807) is 20.8 Å². The van der Waals surface area contributed by atoms with Crippen LogP contribution >= 0.6 is 0 Å². The van der Waals surface area contributed by atoms with E-state index >= 15 is 0 Å². The molecule has 0 spiro atoms. The van der Waals surface area contributed by atoms with Crippen LogP contribution in [0.4, 0.5) is 0 Å². The molecule has 1 aromatic rings. The number of sulfonamides is 1. The van der Waals surface area contributed by atoms with Gasteiger partial charge in [-0.25, -0.2) is 18.0 Å². The Kier molecular flexibility index (Phi) is 7.52. The number of nitrogens with one attached hydrogen (secondary N) is 1. The number of morpholine rings is 1. The first-order valence-electron chi connectivity index (χ1n) is 10.5. The molecule has 1 N–H and O–H groups in total. The molecule has 3 atom stereocenters. The number of amides is 1. The van der Waals surface area contributed by atoms with Gasteiger partial charge in [0, 0.05) is 25.1 Å². The predicted molar refractivity (Wildman–Crippen MR) is 112 cm³/mol. The molecule has 1 amide bonds. The second-order valence-electron chi connectivity index (χ2n) is 8.15. The molecule has 0 aromatic heterocycles. The van der Waals surface area contributed by atoms with Crippen molar-refractivity contribution in [3.8, 4) is 0 Å². The fourth-order valence-corrected chi connectivity index (χ4v) is 4.94. The Balaban J connectivity index is 1.72. The Morgan fingerprint density at radius 2 is 1.91 bits per heavy atom. The Hall–Kier alpha value is -2.50.